The second kappa shape index (κ2) is 7.12. The van der Waals surface area contributed by atoms with E-state index in [2.05, 4.69) is 10.2 Å². The monoisotopic (exact) mass is 294 g/mol. The van der Waals surface area contributed by atoms with E-state index >= 15 is 0 Å². The van der Waals surface area contributed by atoms with Gasteiger partial charge in [-0.1, -0.05) is 0 Å². The number of sulfone groups is 1. The Morgan fingerprint density at radius 2 is 1.78 bits per heavy atom. The van der Waals surface area contributed by atoms with Gasteiger partial charge in [0, 0.05) is 44.2 Å². The molecule has 0 atom stereocenters. The summed E-state index contributed by atoms with van der Waals surface area (Å²) in [5, 5.41) is 3.23. The Kier molecular flexibility index (Phi) is 6.44. The highest BCUT2D eigenvalue weighted by atomic mass is 32.2. The van der Waals surface area contributed by atoms with Gasteiger partial charge in [-0.2, -0.15) is 11.8 Å². The van der Waals surface area contributed by atoms with Crippen molar-refractivity contribution in [3.63, 3.8) is 0 Å². The molecular weight excluding hydrogens is 268 g/mol. The van der Waals surface area contributed by atoms with Crippen LogP contribution in [0.15, 0.2) is 0 Å². The molecule has 108 valence electrons. The standard InChI is InChI=1S/C12H26N2O2S2/c1-12(2,3)18(15,16)11-5-13-4-6-14-7-9-17-10-8-14/h13H,4-11H2,1-3H3. The summed E-state index contributed by atoms with van der Waals surface area (Å²) in [6, 6.07) is 0. The van der Waals surface area contributed by atoms with E-state index in [-0.39, 0.29) is 5.75 Å². The van der Waals surface area contributed by atoms with Gasteiger partial charge < -0.3 is 10.2 Å². The molecular formula is C12H26N2O2S2. The van der Waals surface area contributed by atoms with Crippen LogP contribution in [0.4, 0.5) is 0 Å². The van der Waals surface area contributed by atoms with Gasteiger partial charge in [0.25, 0.3) is 0 Å². The lowest BCUT2D eigenvalue weighted by molar-refractivity contribution is 0.302. The van der Waals surface area contributed by atoms with Crippen molar-refractivity contribution in [1.29, 1.82) is 0 Å². The van der Waals surface area contributed by atoms with E-state index in [4.69, 9.17) is 0 Å². The summed E-state index contributed by atoms with van der Waals surface area (Å²) in [7, 11) is -2.98. The first-order valence-electron chi connectivity index (χ1n) is 6.56. The summed E-state index contributed by atoms with van der Waals surface area (Å²) in [4.78, 5) is 2.43. The number of thioether (sulfide) groups is 1. The van der Waals surface area contributed by atoms with E-state index in [1.165, 1.54) is 11.5 Å². The fourth-order valence-corrected chi connectivity index (χ4v) is 3.70. The lowest BCUT2D eigenvalue weighted by Crippen LogP contribution is -2.40. The molecule has 0 aromatic carbocycles. The van der Waals surface area contributed by atoms with Crippen LogP contribution in [-0.2, 0) is 9.84 Å². The summed E-state index contributed by atoms with van der Waals surface area (Å²) < 4.78 is 23.1. The number of hydrogen-bond donors (Lipinski definition) is 1. The Morgan fingerprint density at radius 3 is 2.33 bits per heavy atom. The predicted molar refractivity (Wildman–Crippen MR) is 80.2 cm³/mol. The molecule has 4 nitrogen and oxygen atoms in total. The molecule has 0 aromatic rings. The molecule has 6 heteroatoms. The van der Waals surface area contributed by atoms with Gasteiger partial charge in [0.05, 0.1) is 10.5 Å². The van der Waals surface area contributed by atoms with Crippen LogP contribution in [0.1, 0.15) is 20.8 Å². The maximum Gasteiger partial charge on any atom is 0.156 e. The van der Waals surface area contributed by atoms with E-state index in [0.29, 0.717) is 6.54 Å². The number of nitrogens with zero attached hydrogens (tertiary/aromatic N) is 1. The Bertz CT molecular complexity index is 330. The molecule has 1 rings (SSSR count). The Labute approximate surface area is 116 Å². The van der Waals surface area contributed by atoms with Gasteiger partial charge in [0.1, 0.15) is 0 Å². The van der Waals surface area contributed by atoms with Gasteiger partial charge >= 0.3 is 0 Å². The quantitative estimate of drug-likeness (QED) is 0.736. The minimum absolute atomic E-state index is 0.229. The minimum atomic E-state index is -2.98. The first-order chi connectivity index (χ1) is 8.33. The van der Waals surface area contributed by atoms with Gasteiger partial charge in [-0.3, -0.25) is 0 Å². The van der Waals surface area contributed by atoms with E-state index in [9.17, 15) is 8.42 Å². The summed E-state index contributed by atoms with van der Waals surface area (Å²) in [5.41, 5.74) is 0. The first kappa shape index (κ1) is 16.3. The van der Waals surface area contributed by atoms with E-state index < -0.39 is 14.6 Å². The van der Waals surface area contributed by atoms with Crippen LogP contribution >= 0.6 is 11.8 Å². The van der Waals surface area contributed by atoms with Crippen molar-refractivity contribution in [3.8, 4) is 0 Å². The summed E-state index contributed by atoms with van der Waals surface area (Å²) in [6.07, 6.45) is 0. The van der Waals surface area contributed by atoms with Gasteiger partial charge in [0.2, 0.25) is 0 Å². The zero-order valence-electron chi connectivity index (χ0n) is 11.7. The smallest absolute Gasteiger partial charge is 0.156 e. The van der Waals surface area contributed by atoms with E-state index in [1.807, 2.05) is 11.8 Å². The third kappa shape index (κ3) is 5.47. The van der Waals surface area contributed by atoms with Crippen molar-refractivity contribution in [2.45, 2.75) is 25.5 Å². The largest absolute Gasteiger partial charge is 0.314 e. The van der Waals surface area contributed by atoms with Crippen LogP contribution in [0.25, 0.3) is 0 Å². The average molecular weight is 294 g/mol. The molecule has 0 aliphatic carbocycles. The molecule has 0 bridgehead atoms. The van der Waals surface area contributed by atoms with Crippen LogP contribution in [-0.4, -0.2) is 68.0 Å². The maximum atomic E-state index is 11.9. The van der Waals surface area contributed by atoms with Crippen molar-refractivity contribution in [3.05, 3.63) is 0 Å². The number of rotatable bonds is 6. The SMILES string of the molecule is CC(C)(C)S(=O)(=O)CCNCCN1CCSCC1. The Morgan fingerprint density at radius 1 is 1.17 bits per heavy atom. The number of nitrogens with one attached hydrogen (secondary N) is 1. The molecule has 1 N–H and O–H groups in total. The van der Waals surface area contributed by atoms with Crippen LogP contribution in [0.3, 0.4) is 0 Å². The van der Waals surface area contributed by atoms with Crippen LogP contribution in [0.5, 0.6) is 0 Å². The molecule has 1 saturated heterocycles. The minimum Gasteiger partial charge on any atom is -0.314 e. The zero-order chi connectivity index (χ0) is 13.6. The topological polar surface area (TPSA) is 49.4 Å². The summed E-state index contributed by atoms with van der Waals surface area (Å²) in [6.45, 7) is 10.1. The predicted octanol–water partition coefficient (Wildman–Crippen LogP) is 0.838. The molecule has 0 spiro atoms. The van der Waals surface area contributed by atoms with Crippen molar-refractivity contribution in [2.24, 2.45) is 0 Å². The van der Waals surface area contributed by atoms with Crippen LogP contribution in [0.2, 0.25) is 0 Å². The molecule has 0 saturated carbocycles. The third-order valence-corrected chi connectivity index (χ3v) is 6.74. The molecule has 0 radical (unpaired) electrons. The van der Waals surface area contributed by atoms with Crippen LogP contribution < -0.4 is 5.32 Å². The summed E-state index contributed by atoms with van der Waals surface area (Å²) in [5.74, 6) is 2.67. The maximum absolute atomic E-state index is 11.9. The van der Waals surface area contributed by atoms with Crippen molar-refractivity contribution < 1.29 is 8.42 Å². The van der Waals surface area contributed by atoms with E-state index in [1.54, 1.807) is 20.8 Å². The highest BCUT2D eigenvalue weighted by molar-refractivity contribution is 7.99. The average Bonchev–Trinajstić information content (AvgIpc) is 2.28. The molecule has 1 fully saturated rings. The molecule has 1 heterocycles. The molecule has 0 aromatic heterocycles. The second-order valence-corrected chi connectivity index (χ2v) is 9.72. The highest BCUT2D eigenvalue weighted by Gasteiger charge is 2.27. The molecule has 0 unspecified atom stereocenters. The summed E-state index contributed by atoms with van der Waals surface area (Å²) >= 11 is 2.01. The Hall–Kier alpha value is 0.220. The molecule has 1 aliphatic rings. The fraction of sp³-hybridized carbons (Fsp3) is 1.00. The molecule has 0 amide bonds. The fourth-order valence-electron chi connectivity index (χ4n) is 1.70. The zero-order valence-corrected chi connectivity index (χ0v) is 13.4. The lowest BCUT2D eigenvalue weighted by Gasteiger charge is -2.26. The second-order valence-electron chi connectivity index (χ2n) is 5.64. The van der Waals surface area contributed by atoms with Gasteiger partial charge in [0.15, 0.2) is 9.84 Å². The van der Waals surface area contributed by atoms with Gasteiger partial charge in [-0.05, 0) is 20.8 Å². The van der Waals surface area contributed by atoms with Crippen LogP contribution in [0, 0.1) is 0 Å². The van der Waals surface area contributed by atoms with Gasteiger partial charge in [-0.15, -0.1) is 0 Å². The molecule has 1 aliphatic heterocycles. The number of hydrogen-bond acceptors (Lipinski definition) is 5. The van der Waals surface area contributed by atoms with Crippen molar-refractivity contribution in [1.82, 2.24) is 10.2 Å². The Balaban J connectivity index is 2.11. The normalized spacial score (nSPS) is 19.1. The third-order valence-electron chi connectivity index (χ3n) is 3.19. The van der Waals surface area contributed by atoms with Crippen molar-refractivity contribution in [2.75, 3.05) is 50.0 Å². The highest BCUT2D eigenvalue weighted by Crippen LogP contribution is 2.15. The van der Waals surface area contributed by atoms with Crippen molar-refractivity contribution >= 4 is 21.6 Å². The van der Waals surface area contributed by atoms with E-state index in [0.717, 1.165) is 26.2 Å². The van der Waals surface area contributed by atoms with Gasteiger partial charge in [-0.25, -0.2) is 8.42 Å². The molecule has 18 heavy (non-hydrogen) atoms. The first-order valence-corrected chi connectivity index (χ1v) is 9.37. The lowest BCUT2D eigenvalue weighted by atomic mass is 10.3.